The van der Waals surface area contributed by atoms with E-state index in [0.717, 1.165) is 0 Å². The fourth-order valence-corrected chi connectivity index (χ4v) is 8.11. The Balaban J connectivity index is 2.43. The van der Waals surface area contributed by atoms with Gasteiger partial charge in [-0.3, -0.25) is 47.9 Å². The number of aliphatic carboxylic acids is 2. The molecule has 2 aromatic carbocycles. The molecule has 0 aliphatic rings. The van der Waals surface area contributed by atoms with Crippen LogP contribution in [0, 0.1) is 11.8 Å². The smallest absolute Gasteiger partial charge is 0.326 e. The number of carbonyl (C=O) groups excluding carboxylic acids is 9. The Hall–Kier alpha value is -6.97. The minimum absolute atomic E-state index is 0.0648. The van der Waals surface area contributed by atoms with Crippen molar-refractivity contribution < 1.29 is 73.2 Å². The molecular formula is C51H76N10O15S2. The van der Waals surface area contributed by atoms with E-state index < -0.39 is 150 Å². The number of thiol groups is 1. The Morgan fingerprint density at radius 3 is 1.50 bits per heavy atom. The molecule has 0 unspecified atom stereocenters. The van der Waals surface area contributed by atoms with E-state index in [2.05, 4.69) is 60.5 Å². The number of benzene rings is 2. The number of hydrogen-bond acceptors (Lipinski definition) is 16. The van der Waals surface area contributed by atoms with Gasteiger partial charge in [-0.05, 0) is 74.3 Å². The van der Waals surface area contributed by atoms with Crippen molar-refractivity contribution in [2.75, 3.05) is 17.8 Å². The fraction of sp³-hybridized carbons (Fsp3) is 0.549. The molecule has 9 amide bonds. The molecule has 12 atom stereocenters. The van der Waals surface area contributed by atoms with E-state index in [1.54, 1.807) is 50.4 Å². The number of nitrogens with one attached hydrogen (secondary N) is 9. The molecule has 2 aromatic rings. The predicted octanol–water partition coefficient (Wildman–Crippen LogP) is -1.77. The lowest BCUT2D eigenvalue weighted by molar-refractivity contribution is -0.144. The summed E-state index contributed by atoms with van der Waals surface area (Å²) in [7, 11) is 0. The van der Waals surface area contributed by atoms with Gasteiger partial charge in [-0.25, -0.2) is 4.79 Å². The molecule has 78 heavy (non-hydrogen) atoms. The van der Waals surface area contributed by atoms with Gasteiger partial charge in [-0.1, -0.05) is 76.6 Å². The molecule has 0 aromatic heterocycles. The highest BCUT2D eigenvalue weighted by Crippen LogP contribution is 2.15. The van der Waals surface area contributed by atoms with Gasteiger partial charge in [0, 0.05) is 18.6 Å². The number of carbonyl (C=O) groups is 11. The number of aliphatic hydroxyl groups excluding tert-OH is 1. The molecule has 0 saturated carbocycles. The summed E-state index contributed by atoms with van der Waals surface area (Å²) >= 11 is 5.43. The summed E-state index contributed by atoms with van der Waals surface area (Å²) in [5.74, 6) is -12.4. The number of carboxylic acid groups (broad SMARTS) is 2. The van der Waals surface area contributed by atoms with Crippen LogP contribution < -0.4 is 53.6 Å². The number of hydrogen-bond donors (Lipinski definition) is 15. The Kier molecular flexibility index (Phi) is 28.7. The van der Waals surface area contributed by atoms with Gasteiger partial charge in [0.1, 0.15) is 60.1 Å². The van der Waals surface area contributed by atoms with Crippen LogP contribution in [-0.4, -0.2) is 170 Å². The van der Waals surface area contributed by atoms with Crippen molar-refractivity contribution in [3.63, 3.8) is 0 Å². The largest absolute Gasteiger partial charge is 0.508 e. The van der Waals surface area contributed by atoms with Gasteiger partial charge in [0.15, 0.2) is 0 Å². The molecular weight excluding hydrogens is 1060 g/mol. The molecule has 0 spiro atoms. The van der Waals surface area contributed by atoms with E-state index in [1.165, 1.54) is 70.6 Å². The molecule has 25 nitrogen and oxygen atoms in total. The first-order chi connectivity index (χ1) is 36.6. The second kappa shape index (κ2) is 33.4. The first-order valence-corrected chi connectivity index (χ1v) is 27.2. The molecule has 0 fully saturated rings. The Morgan fingerprint density at radius 2 is 1.00 bits per heavy atom. The molecule has 0 aliphatic carbocycles. The van der Waals surface area contributed by atoms with Crippen molar-refractivity contribution in [3.8, 4) is 5.75 Å². The van der Waals surface area contributed by atoms with Gasteiger partial charge >= 0.3 is 11.9 Å². The molecule has 15 N–H and O–H groups in total. The van der Waals surface area contributed by atoms with Crippen LogP contribution in [0.4, 0.5) is 0 Å². The number of phenolic OH excluding ortho intramolecular Hbond substituents is 1. The van der Waals surface area contributed by atoms with Crippen LogP contribution in [0.3, 0.4) is 0 Å². The number of amides is 9. The molecule has 0 bridgehead atoms. The summed E-state index contributed by atoms with van der Waals surface area (Å²) in [6.07, 6.45) is -0.732. The zero-order valence-corrected chi connectivity index (χ0v) is 46.6. The highest BCUT2D eigenvalue weighted by molar-refractivity contribution is 7.98. The van der Waals surface area contributed by atoms with E-state index >= 15 is 0 Å². The zero-order valence-electron chi connectivity index (χ0n) is 44.9. The molecule has 0 saturated heterocycles. The summed E-state index contributed by atoms with van der Waals surface area (Å²) in [6, 6.07) is -0.386. The monoisotopic (exact) mass is 1130 g/mol. The zero-order chi connectivity index (χ0) is 59.0. The van der Waals surface area contributed by atoms with Crippen LogP contribution >= 0.6 is 24.4 Å². The maximum absolute atomic E-state index is 14.2. The van der Waals surface area contributed by atoms with E-state index in [0.29, 0.717) is 23.3 Å². The van der Waals surface area contributed by atoms with Crippen molar-refractivity contribution in [2.24, 2.45) is 17.6 Å². The number of thioether (sulfide) groups is 1. The number of aliphatic hydroxyl groups is 1. The number of aromatic hydroxyl groups is 1. The first kappa shape index (κ1) is 67.1. The third-order valence-electron chi connectivity index (χ3n) is 12.2. The number of phenols is 1. The second-order valence-electron chi connectivity index (χ2n) is 19.1. The number of carboxylic acids is 2. The van der Waals surface area contributed by atoms with Crippen LogP contribution in [0.1, 0.15) is 78.9 Å². The van der Waals surface area contributed by atoms with Gasteiger partial charge in [0.25, 0.3) is 0 Å². The van der Waals surface area contributed by atoms with Gasteiger partial charge in [0.2, 0.25) is 53.2 Å². The standard InChI is InChI=1S/C51H76N10O15S2/c1-9-26(4)40(51(75)76)60-44(68)33(19-20-78-8)54-45(69)34(21-30-13-11-10-12-14-30)56-46(70)36(23-38(64)65)57-49(73)39(25(2)3)59-47(71)35(22-31-15-17-32(63)18-16-31)55-43(67)28(6)53-50(74)41(29(7)62)61-48(72)37(24-77)58-42(66)27(5)52/h10-18,25-29,33-37,39-41,62-63,77H,9,19-24,52H2,1-8H3,(H,53,74)(H,54,69)(H,55,67)(H,56,70)(H,57,73)(H,58,66)(H,59,71)(H,60,68)(H,61,72)(H,64,65)(H,75,76)/t26-,27-,28-,29+,33-,34-,35-,36-,37-,39-,40-,41-/m0/s1. The van der Waals surface area contributed by atoms with Gasteiger partial charge < -0.3 is 74.0 Å². The average Bonchev–Trinajstić information content (AvgIpc) is 3.38. The Morgan fingerprint density at radius 1 is 0.551 bits per heavy atom. The quantitative estimate of drug-likeness (QED) is 0.0352. The second-order valence-corrected chi connectivity index (χ2v) is 20.5. The van der Waals surface area contributed by atoms with Crippen LogP contribution in [0.15, 0.2) is 54.6 Å². The van der Waals surface area contributed by atoms with Crippen LogP contribution in [0.25, 0.3) is 0 Å². The maximum Gasteiger partial charge on any atom is 0.326 e. The van der Waals surface area contributed by atoms with Gasteiger partial charge in [0.05, 0.1) is 18.6 Å². The lowest BCUT2D eigenvalue weighted by Crippen LogP contribution is -2.62. The van der Waals surface area contributed by atoms with Crippen LogP contribution in [0.2, 0.25) is 0 Å². The van der Waals surface area contributed by atoms with Crippen LogP contribution in [-0.2, 0) is 65.6 Å². The van der Waals surface area contributed by atoms with E-state index in [4.69, 9.17) is 5.73 Å². The summed E-state index contributed by atoms with van der Waals surface area (Å²) < 4.78 is 0. The lowest BCUT2D eigenvalue weighted by atomic mass is 9.98. The highest BCUT2D eigenvalue weighted by Gasteiger charge is 2.37. The maximum atomic E-state index is 14.2. The highest BCUT2D eigenvalue weighted by atomic mass is 32.2. The third-order valence-corrected chi connectivity index (χ3v) is 13.3. The fourth-order valence-electron chi connectivity index (χ4n) is 7.38. The molecule has 27 heteroatoms. The van der Waals surface area contributed by atoms with Crippen molar-refractivity contribution in [2.45, 2.75) is 147 Å². The predicted molar refractivity (Wildman–Crippen MR) is 291 cm³/mol. The van der Waals surface area contributed by atoms with Gasteiger partial charge in [-0.2, -0.15) is 24.4 Å². The van der Waals surface area contributed by atoms with Crippen molar-refractivity contribution in [1.29, 1.82) is 0 Å². The molecule has 0 heterocycles. The molecule has 432 valence electrons. The number of rotatable bonds is 33. The van der Waals surface area contributed by atoms with E-state index in [9.17, 15) is 73.2 Å². The lowest BCUT2D eigenvalue weighted by Gasteiger charge is -2.29. The molecule has 0 aliphatic heterocycles. The summed E-state index contributed by atoms with van der Waals surface area (Å²) in [5, 5.41) is 62.2. The summed E-state index contributed by atoms with van der Waals surface area (Å²) in [4.78, 5) is 147. The van der Waals surface area contributed by atoms with E-state index in [1.807, 2.05) is 0 Å². The first-order valence-electron chi connectivity index (χ1n) is 25.2. The minimum atomic E-state index is -1.87. The van der Waals surface area contributed by atoms with Crippen molar-refractivity contribution in [3.05, 3.63) is 65.7 Å². The van der Waals surface area contributed by atoms with Gasteiger partial charge in [-0.15, -0.1) is 0 Å². The van der Waals surface area contributed by atoms with E-state index in [-0.39, 0.29) is 30.8 Å². The topological polar surface area (TPSA) is 403 Å². The normalized spacial score (nSPS) is 15.7. The Labute approximate surface area is 462 Å². The molecule has 0 radical (unpaired) electrons. The molecule has 2 rings (SSSR count). The number of nitrogens with two attached hydrogens (primary N) is 1. The van der Waals surface area contributed by atoms with Crippen molar-refractivity contribution in [1.82, 2.24) is 47.9 Å². The summed E-state index contributed by atoms with van der Waals surface area (Å²) in [5.41, 5.74) is 6.52. The SMILES string of the molecule is CC[C@H](C)[C@H](NC(=O)[C@H](CCSC)NC(=O)[C@H](Cc1ccccc1)NC(=O)[C@H](CC(=O)O)NC(=O)[C@@H](NC(=O)[C@H](Cc1ccc(O)cc1)NC(=O)[C@H](C)NC(=O)[C@@H](NC(=O)[C@H](CS)NC(=O)[C@H](C)N)[C@@H](C)O)C(C)C)C(=O)O. The van der Waals surface area contributed by atoms with Crippen molar-refractivity contribution >= 4 is 89.5 Å². The Bertz CT molecular complexity index is 2380. The summed E-state index contributed by atoms with van der Waals surface area (Å²) in [6.45, 7) is 10.3. The third kappa shape index (κ3) is 22.5. The minimum Gasteiger partial charge on any atom is -0.508 e. The van der Waals surface area contributed by atoms with Crippen LogP contribution in [0.5, 0.6) is 5.75 Å². The average molecular weight is 1130 g/mol.